The highest BCUT2D eigenvalue weighted by Crippen LogP contribution is 2.20. The number of carbonyl (C=O) groups is 2. The van der Waals surface area contributed by atoms with E-state index in [1.165, 1.54) is 12.2 Å². The Balaban J connectivity index is 2.65. The second-order valence-corrected chi connectivity index (χ2v) is 5.39. The first-order chi connectivity index (χ1) is 9.79. The Kier molecular flexibility index (Phi) is 6.61. The van der Waals surface area contributed by atoms with Crippen LogP contribution < -0.4 is 15.7 Å². The van der Waals surface area contributed by atoms with Crippen LogP contribution in [0.1, 0.15) is 18.9 Å². The van der Waals surface area contributed by atoms with Gasteiger partial charge in [-0.15, -0.1) is 0 Å². The zero-order valence-electron chi connectivity index (χ0n) is 11.9. The summed E-state index contributed by atoms with van der Waals surface area (Å²) in [5.74, 6) is -1.79. The molecule has 0 fully saturated rings. The zero-order valence-corrected chi connectivity index (χ0v) is 12.7. The number of nitrogens with two attached hydrogens (primary N) is 1. The molecule has 7 heteroatoms. The Labute approximate surface area is 128 Å². The fourth-order valence-electron chi connectivity index (χ4n) is 1.75. The standard InChI is InChI=1S/C14H19ClN2O4/c1-8-3-4-10(15)5-11(8)17-13(19)6-12(14(20)21)16-7-9(2)18/h3-5,9,12,16,18H,6-7H2,1-2H3,(H,17,19)(H,20,21)/t9-,12-/m0/s1. The molecule has 0 unspecified atom stereocenters. The van der Waals surface area contributed by atoms with Crippen molar-refractivity contribution in [2.45, 2.75) is 32.4 Å². The zero-order chi connectivity index (χ0) is 16.0. The molecule has 6 nitrogen and oxygen atoms in total. The number of anilines is 1. The topological polar surface area (TPSA) is 106 Å². The number of benzene rings is 1. The van der Waals surface area contributed by atoms with Crippen LogP contribution in [-0.2, 0) is 9.59 Å². The van der Waals surface area contributed by atoms with Gasteiger partial charge in [0.25, 0.3) is 0 Å². The van der Waals surface area contributed by atoms with Crippen molar-refractivity contribution in [3.05, 3.63) is 28.8 Å². The lowest BCUT2D eigenvalue weighted by Gasteiger charge is -2.17. The number of rotatable bonds is 7. The third kappa shape index (κ3) is 6.12. The van der Waals surface area contributed by atoms with Gasteiger partial charge in [0.1, 0.15) is 12.6 Å². The number of carboxylic acid groups (broad SMARTS) is 1. The number of carboxylic acids is 1. The van der Waals surface area contributed by atoms with E-state index >= 15 is 0 Å². The molecule has 4 N–H and O–H groups in total. The van der Waals surface area contributed by atoms with Gasteiger partial charge in [-0.3, -0.25) is 4.79 Å². The van der Waals surface area contributed by atoms with Crippen molar-refractivity contribution in [3.8, 4) is 0 Å². The van der Waals surface area contributed by atoms with E-state index in [9.17, 15) is 14.7 Å². The Morgan fingerprint density at radius 2 is 2.14 bits per heavy atom. The summed E-state index contributed by atoms with van der Waals surface area (Å²) < 4.78 is 0. The van der Waals surface area contributed by atoms with Gasteiger partial charge in [-0.05, 0) is 31.5 Å². The smallest absolute Gasteiger partial charge is 0.230 e. The quantitative estimate of drug-likeness (QED) is 0.602. The van der Waals surface area contributed by atoms with Crippen molar-refractivity contribution in [1.82, 2.24) is 0 Å². The molecular formula is C14H19ClN2O4. The average molecular weight is 315 g/mol. The van der Waals surface area contributed by atoms with Gasteiger partial charge in [0.15, 0.2) is 0 Å². The predicted octanol–water partition coefficient (Wildman–Crippen LogP) is -0.960. The summed E-state index contributed by atoms with van der Waals surface area (Å²) in [6.45, 7) is 3.53. The molecule has 1 rings (SSSR count). The monoisotopic (exact) mass is 314 g/mol. The van der Waals surface area contributed by atoms with Crippen molar-refractivity contribution < 1.29 is 25.1 Å². The molecule has 1 aromatic carbocycles. The summed E-state index contributed by atoms with van der Waals surface area (Å²) in [5.41, 5.74) is 1.37. The average Bonchev–Trinajstić information content (AvgIpc) is 2.38. The molecule has 0 spiro atoms. The van der Waals surface area contributed by atoms with Crippen LogP contribution >= 0.6 is 11.6 Å². The van der Waals surface area contributed by atoms with E-state index in [1.54, 1.807) is 18.2 Å². The molecule has 0 radical (unpaired) electrons. The second kappa shape index (κ2) is 7.97. The molecule has 0 bridgehead atoms. The number of quaternary nitrogens is 1. The Morgan fingerprint density at radius 3 is 2.71 bits per heavy atom. The molecule has 0 saturated heterocycles. The molecule has 1 amide bonds. The summed E-state index contributed by atoms with van der Waals surface area (Å²) in [6.07, 6.45) is -0.911. The number of amides is 1. The fraction of sp³-hybridized carbons (Fsp3) is 0.429. The van der Waals surface area contributed by atoms with Crippen LogP contribution in [0.5, 0.6) is 0 Å². The summed E-state index contributed by atoms with van der Waals surface area (Å²) in [7, 11) is 0. The summed E-state index contributed by atoms with van der Waals surface area (Å²) in [6, 6.07) is 4.02. The second-order valence-electron chi connectivity index (χ2n) is 4.96. The van der Waals surface area contributed by atoms with Gasteiger partial charge in [0.05, 0.1) is 18.5 Å². The van der Waals surface area contributed by atoms with Gasteiger partial charge in [0.2, 0.25) is 5.91 Å². The Hall–Kier alpha value is -1.63. The van der Waals surface area contributed by atoms with Crippen LogP contribution in [0.15, 0.2) is 18.2 Å². The predicted molar refractivity (Wildman–Crippen MR) is 76.7 cm³/mol. The van der Waals surface area contributed by atoms with Crippen molar-refractivity contribution >= 4 is 29.2 Å². The van der Waals surface area contributed by atoms with Crippen LogP contribution in [0.2, 0.25) is 5.02 Å². The van der Waals surface area contributed by atoms with E-state index in [0.717, 1.165) is 5.56 Å². The SMILES string of the molecule is Cc1ccc(Cl)cc1NC(=O)C[C@H]([NH2+]C[C@H](C)O)C(=O)[O-]. The molecule has 0 saturated carbocycles. The van der Waals surface area contributed by atoms with Crippen molar-refractivity contribution in [1.29, 1.82) is 0 Å². The third-order valence-electron chi connectivity index (χ3n) is 2.94. The van der Waals surface area contributed by atoms with Crippen LogP contribution in [0, 0.1) is 6.92 Å². The van der Waals surface area contributed by atoms with Crippen LogP contribution in [-0.4, -0.2) is 35.7 Å². The number of nitrogens with one attached hydrogen (secondary N) is 1. The Bertz CT molecular complexity index is 520. The van der Waals surface area contributed by atoms with Gasteiger partial charge in [-0.25, -0.2) is 0 Å². The number of carbonyl (C=O) groups excluding carboxylic acids is 2. The maximum atomic E-state index is 11.9. The highest BCUT2D eigenvalue weighted by molar-refractivity contribution is 6.31. The van der Waals surface area contributed by atoms with E-state index < -0.39 is 24.0 Å². The van der Waals surface area contributed by atoms with Gasteiger partial charge < -0.3 is 25.6 Å². The number of hydrogen-bond acceptors (Lipinski definition) is 4. The third-order valence-corrected chi connectivity index (χ3v) is 3.18. The number of aliphatic carboxylic acids is 1. The van der Waals surface area contributed by atoms with Gasteiger partial charge in [-0.1, -0.05) is 17.7 Å². The molecule has 116 valence electrons. The highest BCUT2D eigenvalue weighted by Gasteiger charge is 2.19. The fourth-order valence-corrected chi connectivity index (χ4v) is 1.93. The van der Waals surface area contributed by atoms with Gasteiger partial charge >= 0.3 is 0 Å². The molecule has 0 aliphatic carbocycles. The van der Waals surface area contributed by atoms with E-state index in [0.29, 0.717) is 10.7 Å². The highest BCUT2D eigenvalue weighted by atomic mass is 35.5. The lowest BCUT2D eigenvalue weighted by molar-refractivity contribution is -0.687. The molecule has 1 aromatic rings. The number of aryl methyl sites for hydroxylation is 1. The van der Waals surface area contributed by atoms with E-state index in [1.807, 2.05) is 6.92 Å². The molecule has 0 aliphatic heterocycles. The van der Waals surface area contributed by atoms with Crippen molar-refractivity contribution in [2.75, 3.05) is 11.9 Å². The first-order valence-corrected chi connectivity index (χ1v) is 6.95. The Morgan fingerprint density at radius 1 is 1.48 bits per heavy atom. The maximum Gasteiger partial charge on any atom is 0.230 e. The van der Waals surface area contributed by atoms with E-state index in [2.05, 4.69) is 5.32 Å². The first-order valence-electron chi connectivity index (χ1n) is 6.58. The van der Waals surface area contributed by atoms with Gasteiger partial charge in [0, 0.05) is 10.7 Å². The molecule has 0 aromatic heterocycles. The number of hydrogen-bond donors (Lipinski definition) is 3. The van der Waals surface area contributed by atoms with Crippen LogP contribution in [0.3, 0.4) is 0 Å². The van der Waals surface area contributed by atoms with Crippen LogP contribution in [0.4, 0.5) is 5.69 Å². The normalized spacial score (nSPS) is 13.5. The largest absolute Gasteiger partial charge is 0.544 e. The van der Waals surface area contributed by atoms with E-state index in [4.69, 9.17) is 16.7 Å². The molecule has 0 aliphatic rings. The van der Waals surface area contributed by atoms with Crippen molar-refractivity contribution in [3.63, 3.8) is 0 Å². The van der Waals surface area contributed by atoms with Crippen LogP contribution in [0.25, 0.3) is 0 Å². The molecule has 0 heterocycles. The lowest BCUT2D eigenvalue weighted by Crippen LogP contribution is -2.94. The minimum Gasteiger partial charge on any atom is -0.544 e. The minimum absolute atomic E-state index is 0.183. The minimum atomic E-state index is -1.34. The van der Waals surface area contributed by atoms with E-state index in [-0.39, 0.29) is 13.0 Å². The number of aliphatic hydroxyl groups excluding tert-OH is 1. The maximum absolute atomic E-state index is 11.9. The number of halogens is 1. The van der Waals surface area contributed by atoms with Gasteiger partial charge in [-0.2, -0.15) is 0 Å². The molecular weight excluding hydrogens is 296 g/mol. The summed E-state index contributed by atoms with van der Waals surface area (Å²) in [5, 5.41) is 24.6. The molecule has 21 heavy (non-hydrogen) atoms. The number of aliphatic hydroxyl groups is 1. The first kappa shape index (κ1) is 17.4. The van der Waals surface area contributed by atoms with Crippen molar-refractivity contribution in [2.24, 2.45) is 0 Å². The summed E-state index contributed by atoms with van der Waals surface area (Å²) >= 11 is 5.85. The summed E-state index contributed by atoms with van der Waals surface area (Å²) in [4.78, 5) is 22.9. The molecule has 2 atom stereocenters. The lowest BCUT2D eigenvalue weighted by atomic mass is 10.1.